The molecule has 1 unspecified atom stereocenters. The lowest BCUT2D eigenvalue weighted by Gasteiger charge is -2.23. The summed E-state index contributed by atoms with van der Waals surface area (Å²) in [5, 5.41) is 3.25. The number of nitrogens with zero attached hydrogens (tertiary/aromatic N) is 2. The van der Waals surface area contributed by atoms with Crippen molar-refractivity contribution in [1.29, 1.82) is 0 Å². The van der Waals surface area contributed by atoms with E-state index in [0.717, 1.165) is 25.6 Å². The molecule has 1 saturated heterocycles. The van der Waals surface area contributed by atoms with Gasteiger partial charge in [-0.2, -0.15) is 0 Å². The number of rotatable bonds is 4. The third-order valence-electron chi connectivity index (χ3n) is 4.20. The predicted octanol–water partition coefficient (Wildman–Crippen LogP) is 3.55. The minimum atomic E-state index is 0.483. The van der Waals surface area contributed by atoms with Crippen molar-refractivity contribution in [2.24, 2.45) is 5.92 Å². The van der Waals surface area contributed by atoms with Crippen LogP contribution in [0.1, 0.15) is 57.2 Å². The Bertz CT molecular complexity index is 428. The van der Waals surface area contributed by atoms with E-state index in [1.807, 2.05) is 7.05 Å². The molecule has 0 aliphatic carbocycles. The van der Waals surface area contributed by atoms with Gasteiger partial charge in [0.1, 0.15) is 5.82 Å². The first-order valence-electron chi connectivity index (χ1n) is 8.00. The minimum Gasteiger partial charge on any atom is -0.357 e. The maximum absolute atomic E-state index is 4.90. The summed E-state index contributed by atoms with van der Waals surface area (Å²) in [4.78, 5) is 7.38. The van der Waals surface area contributed by atoms with Crippen LogP contribution in [-0.2, 0) is 6.54 Å². The van der Waals surface area contributed by atoms with Crippen molar-refractivity contribution >= 4 is 5.82 Å². The van der Waals surface area contributed by atoms with E-state index in [-0.39, 0.29) is 0 Å². The molecule has 1 atom stereocenters. The van der Waals surface area contributed by atoms with Gasteiger partial charge in [0, 0.05) is 25.3 Å². The number of hydrogen-bond acceptors (Lipinski definition) is 3. The first-order chi connectivity index (χ1) is 9.60. The topological polar surface area (TPSA) is 28.2 Å². The second-order valence-electron chi connectivity index (χ2n) is 6.47. The van der Waals surface area contributed by atoms with E-state index in [2.05, 4.69) is 43.1 Å². The second kappa shape index (κ2) is 7.07. The van der Waals surface area contributed by atoms with Gasteiger partial charge in [-0.05, 0) is 55.8 Å². The van der Waals surface area contributed by atoms with Gasteiger partial charge in [0.2, 0.25) is 0 Å². The van der Waals surface area contributed by atoms with Crippen molar-refractivity contribution in [2.45, 2.75) is 52.5 Å². The Morgan fingerprint density at radius 3 is 2.80 bits per heavy atom. The Balaban J connectivity index is 2.24. The van der Waals surface area contributed by atoms with Crippen LogP contribution < -0.4 is 10.2 Å². The van der Waals surface area contributed by atoms with Gasteiger partial charge in [0.25, 0.3) is 0 Å². The van der Waals surface area contributed by atoms with Crippen LogP contribution in [0.4, 0.5) is 5.82 Å². The standard InChI is InChI=1S/C17H29N3/c1-13(2)16-10-15(12-18-4)11-17(19-16)20-8-5-6-14(3)7-9-20/h10-11,13-14,18H,5-9,12H2,1-4H3. The predicted molar refractivity (Wildman–Crippen MR) is 86.3 cm³/mol. The Morgan fingerprint density at radius 1 is 1.30 bits per heavy atom. The summed E-state index contributed by atoms with van der Waals surface area (Å²) in [5.74, 6) is 2.51. The van der Waals surface area contributed by atoms with Crippen molar-refractivity contribution in [3.8, 4) is 0 Å². The molecule has 0 aromatic carbocycles. The average Bonchev–Trinajstić information content (AvgIpc) is 2.63. The first kappa shape index (κ1) is 15.3. The van der Waals surface area contributed by atoms with Crippen LogP contribution in [0.2, 0.25) is 0 Å². The highest BCUT2D eigenvalue weighted by atomic mass is 15.2. The molecule has 1 aromatic heterocycles. The third kappa shape index (κ3) is 3.95. The molecule has 0 radical (unpaired) electrons. The van der Waals surface area contributed by atoms with Crippen LogP contribution in [0, 0.1) is 5.92 Å². The van der Waals surface area contributed by atoms with Crippen LogP contribution in [0.25, 0.3) is 0 Å². The molecule has 0 saturated carbocycles. The number of pyridine rings is 1. The lowest BCUT2D eigenvalue weighted by Crippen LogP contribution is -2.26. The molecule has 0 spiro atoms. The lowest BCUT2D eigenvalue weighted by molar-refractivity contribution is 0.521. The summed E-state index contributed by atoms with van der Waals surface area (Å²) < 4.78 is 0. The number of anilines is 1. The summed E-state index contributed by atoms with van der Waals surface area (Å²) >= 11 is 0. The monoisotopic (exact) mass is 275 g/mol. The van der Waals surface area contributed by atoms with Crippen molar-refractivity contribution in [1.82, 2.24) is 10.3 Å². The summed E-state index contributed by atoms with van der Waals surface area (Å²) in [6.45, 7) is 10.0. The summed E-state index contributed by atoms with van der Waals surface area (Å²) in [7, 11) is 2.00. The Labute approximate surface area is 123 Å². The highest BCUT2D eigenvalue weighted by molar-refractivity contribution is 5.43. The molecule has 112 valence electrons. The number of nitrogens with one attached hydrogen (secondary N) is 1. The quantitative estimate of drug-likeness (QED) is 0.911. The molecule has 1 N–H and O–H groups in total. The van der Waals surface area contributed by atoms with Gasteiger partial charge in [0.05, 0.1) is 0 Å². The summed E-state index contributed by atoms with van der Waals surface area (Å²) in [5.41, 5.74) is 2.56. The Hall–Kier alpha value is -1.09. The summed E-state index contributed by atoms with van der Waals surface area (Å²) in [6.07, 6.45) is 3.93. The molecule has 20 heavy (non-hydrogen) atoms. The molecule has 0 amide bonds. The molecular formula is C17H29N3. The number of aromatic nitrogens is 1. The van der Waals surface area contributed by atoms with Crippen molar-refractivity contribution in [3.05, 3.63) is 23.4 Å². The van der Waals surface area contributed by atoms with Gasteiger partial charge in [-0.25, -0.2) is 4.98 Å². The van der Waals surface area contributed by atoms with Gasteiger partial charge in [-0.1, -0.05) is 20.8 Å². The lowest BCUT2D eigenvalue weighted by atomic mass is 10.0. The zero-order valence-corrected chi connectivity index (χ0v) is 13.4. The molecule has 0 bridgehead atoms. The van der Waals surface area contributed by atoms with Crippen molar-refractivity contribution < 1.29 is 0 Å². The highest BCUT2D eigenvalue weighted by Crippen LogP contribution is 2.24. The van der Waals surface area contributed by atoms with Crippen LogP contribution in [0.3, 0.4) is 0 Å². The highest BCUT2D eigenvalue weighted by Gasteiger charge is 2.16. The van der Waals surface area contributed by atoms with Crippen LogP contribution in [0.15, 0.2) is 12.1 Å². The van der Waals surface area contributed by atoms with Gasteiger partial charge < -0.3 is 10.2 Å². The minimum absolute atomic E-state index is 0.483. The van der Waals surface area contributed by atoms with Crippen LogP contribution in [0.5, 0.6) is 0 Å². The largest absolute Gasteiger partial charge is 0.357 e. The Kier molecular flexibility index (Phi) is 5.41. The molecule has 1 fully saturated rings. The van der Waals surface area contributed by atoms with Gasteiger partial charge in [0.15, 0.2) is 0 Å². The van der Waals surface area contributed by atoms with Crippen LogP contribution in [-0.4, -0.2) is 25.1 Å². The van der Waals surface area contributed by atoms with E-state index in [4.69, 9.17) is 4.98 Å². The molecule has 2 heterocycles. The molecule has 1 aliphatic heterocycles. The van der Waals surface area contributed by atoms with E-state index >= 15 is 0 Å². The van der Waals surface area contributed by atoms with E-state index < -0.39 is 0 Å². The molecule has 2 rings (SSSR count). The molecule has 1 aromatic rings. The van der Waals surface area contributed by atoms with E-state index in [1.54, 1.807) is 0 Å². The average molecular weight is 275 g/mol. The number of hydrogen-bond donors (Lipinski definition) is 1. The van der Waals surface area contributed by atoms with Crippen molar-refractivity contribution in [2.75, 3.05) is 25.0 Å². The van der Waals surface area contributed by atoms with E-state index in [9.17, 15) is 0 Å². The fraction of sp³-hybridized carbons (Fsp3) is 0.706. The molecule has 3 heteroatoms. The fourth-order valence-electron chi connectivity index (χ4n) is 2.85. The fourth-order valence-corrected chi connectivity index (χ4v) is 2.85. The third-order valence-corrected chi connectivity index (χ3v) is 4.20. The smallest absolute Gasteiger partial charge is 0.129 e. The molecule has 3 nitrogen and oxygen atoms in total. The summed E-state index contributed by atoms with van der Waals surface area (Å²) in [6, 6.07) is 4.50. The molecular weight excluding hydrogens is 246 g/mol. The zero-order valence-electron chi connectivity index (χ0n) is 13.4. The first-order valence-corrected chi connectivity index (χ1v) is 8.00. The van der Waals surface area contributed by atoms with E-state index in [1.165, 1.54) is 36.3 Å². The molecule has 1 aliphatic rings. The Morgan fingerprint density at radius 2 is 2.10 bits per heavy atom. The normalized spacial score (nSPS) is 20.2. The SMILES string of the molecule is CNCc1cc(C(C)C)nc(N2CCCC(C)CC2)c1. The zero-order chi connectivity index (χ0) is 14.5. The van der Waals surface area contributed by atoms with Crippen molar-refractivity contribution in [3.63, 3.8) is 0 Å². The maximum Gasteiger partial charge on any atom is 0.129 e. The van der Waals surface area contributed by atoms with E-state index in [0.29, 0.717) is 5.92 Å². The van der Waals surface area contributed by atoms with Gasteiger partial charge in [-0.15, -0.1) is 0 Å². The van der Waals surface area contributed by atoms with Crippen LogP contribution >= 0.6 is 0 Å². The second-order valence-corrected chi connectivity index (χ2v) is 6.47. The van der Waals surface area contributed by atoms with Gasteiger partial charge >= 0.3 is 0 Å². The van der Waals surface area contributed by atoms with Gasteiger partial charge in [-0.3, -0.25) is 0 Å². The maximum atomic E-state index is 4.90.